The molecule has 2 aromatic rings. The summed E-state index contributed by atoms with van der Waals surface area (Å²) in [6, 6.07) is 12.6. The Hall–Kier alpha value is -1.09. The van der Waals surface area contributed by atoms with Crippen LogP contribution in [-0.2, 0) is 0 Å². The number of hydrogen-bond acceptors (Lipinski definition) is 2. The number of para-hydroxylation sites is 1. The Morgan fingerprint density at radius 3 is 3.00 bits per heavy atom. The van der Waals surface area contributed by atoms with Gasteiger partial charge in [-0.3, -0.25) is 0 Å². The Kier molecular flexibility index (Phi) is 3.50. The third kappa shape index (κ3) is 2.37. The highest BCUT2D eigenvalue weighted by molar-refractivity contribution is 9.09. The third-order valence-corrected chi connectivity index (χ3v) is 4.17. The summed E-state index contributed by atoms with van der Waals surface area (Å²) in [5.74, 6) is 1.95. The maximum absolute atomic E-state index is 4.77. The Balaban J connectivity index is 1.82. The van der Waals surface area contributed by atoms with E-state index in [0.717, 1.165) is 35.7 Å². The second kappa shape index (κ2) is 5.27. The lowest BCUT2D eigenvalue weighted by Crippen LogP contribution is -2.20. The van der Waals surface area contributed by atoms with Gasteiger partial charge in [-0.25, -0.2) is 4.98 Å². The number of pyridine rings is 1. The van der Waals surface area contributed by atoms with Crippen LogP contribution in [0.25, 0.3) is 10.9 Å². The molecule has 94 valence electrons. The van der Waals surface area contributed by atoms with Gasteiger partial charge in [-0.2, -0.15) is 0 Å². The molecule has 1 aliphatic rings. The van der Waals surface area contributed by atoms with Gasteiger partial charge in [0.15, 0.2) is 0 Å². The molecular formula is C15H17BrN2. The SMILES string of the molecule is BrCCC1CCN(c2ccc3ccccc3n2)C1. The highest BCUT2D eigenvalue weighted by atomic mass is 79.9. The molecule has 1 unspecified atom stereocenters. The molecule has 0 N–H and O–H groups in total. The number of fused-ring (bicyclic) bond motifs is 1. The first-order valence-corrected chi connectivity index (χ1v) is 7.65. The quantitative estimate of drug-likeness (QED) is 0.801. The minimum atomic E-state index is 0.817. The number of anilines is 1. The van der Waals surface area contributed by atoms with Crippen molar-refractivity contribution >= 4 is 32.7 Å². The van der Waals surface area contributed by atoms with Crippen molar-refractivity contribution in [2.75, 3.05) is 23.3 Å². The molecule has 1 fully saturated rings. The summed E-state index contributed by atoms with van der Waals surface area (Å²) < 4.78 is 0. The maximum atomic E-state index is 4.77. The van der Waals surface area contributed by atoms with Crippen molar-refractivity contribution < 1.29 is 0 Å². The molecule has 1 atom stereocenters. The van der Waals surface area contributed by atoms with Crippen LogP contribution in [0, 0.1) is 5.92 Å². The van der Waals surface area contributed by atoms with Gasteiger partial charge in [0.1, 0.15) is 5.82 Å². The van der Waals surface area contributed by atoms with Crippen molar-refractivity contribution in [3.8, 4) is 0 Å². The average Bonchev–Trinajstić information content (AvgIpc) is 2.87. The maximum Gasteiger partial charge on any atom is 0.129 e. The van der Waals surface area contributed by atoms with Crippen molar-refractivity contribution in [1.82, 2.24) is 4.98 Å². The zero-order valence-corrected chi connectivity index (χ0v) is 11.9. The predicted octanol–water partition coefficient (Wildman–Crippen LogP) is 3.85. The van der Waals surface area contributed by atoms with E-state index < -0.39 is 0 Å². The van der Waals surface area contributed by atoms with Gasteiger partial charge in [-0.15, -0.1) is 0 Å². The monoisotopic (exact) mass is 304 g/mol. The van der Waals surface area contributed by atoms with Crippen LogP contribution in [0.1, 0.15) is 12.8 Å². The number of nitrogens with zero attached hydrogens (tertiary/aromatic N) is 2. The molecule has 0 aliphatic carbocycles. The fourth-order valence-corrected chi connectivity index (χ4v) is 3.31. The summed E-state index contributed by atoms with van der Waals surface area (Å²) in [7, 11) is 0. The third-order valence-electron chi connectivity index (χ3n) is 3.71. The van der Waals surface area contributed by atoms with Crippen LogP contribution in [0.5, 0.6) is 0 Å². The van der Waals surface area contributed by atoms with Gasteiger partial charge in [0, 0.05) is 23.8 Å². The van der Waals surface area contributed by atoms with Crippen LogP contribution in [0.15, 0.2) is 36.4 Å². The molecule has 1 saturated heterocycles. The molecule has 0 amide bonds. The van der Waals surface area contributed by atoms with E-state index in [4.69, 9.17) is 4.98 Å². The predicted molar refractivity (Wildman–Crippen MR) is 80.5 cm³/mol. The number of halogens is 1. The van der Waals surface area contributed by atoms with E-state index in [9.17, 15) is 0 Å². The van der Waals surface area contributed by atoms with Crippen LogP contribution in [-0.4, -0.2) is 23.4 Å². The van der Waals surface area contributed by atoms with Gasteiger partial charge >= 0.3 is 0 Å². The summed E-state index contributed by atoms with van der Waals surface area (Å²) in [4.78, 5) is 7.18. The number of aromatic nitrogens is 1. The molecule has 1 aromatic heterocycles. The zero-order chi connectivity index (χ0) is 12.4. The Labute approximate surface area is 116 Å². The number of alkyl halides is 1. The summed E-state index contributed by atoms with van der Waals surface area (Å²) in [6.07, 6.45) is 2.56. The molecule has 18 heavy (non-hydrogen) atoms. The highest BCUT2D eigenvalue weighted by Gasteiger charge is 2.22. The zero-order valence-electron chi connectivity index (χ0n) is 10.3. The largest absolute Gasteiger partial charge is 0.356 e. The van der Waals surface area contributed by atoms with Gasteiger partial charge in [-0.1, -0.05) is 34.1 Å². The second-order valence-electron chi connectivity index (χ2n) is 4.94. The second-order valence-corrected chi connectivity index (χ2v) is 5.73. The van der Waals surface area contributed by atoms with Crippen LogP contribution >= 0.6 is 15.9 Å². The molecule has 3 heteroatoms. The van der Waals surface area contributed by atoms with Gasteiger partial charge in [0.2, 0.25) is 0 Å². The molecule has 2 heterocycles. The number of benzene rings is 1. The standard InChI is InChI=1S/C15H17BrN2/c16-9-7-12-8-10-18(11-12)15-6-5-13-3-1-2-4-14(13)17-15/h1-6,12H,7-11H2. The summed E-state index contributed by atoms with van der Waals surface area (Å²) in [6.45, 7) is 2.29. The molecule has 0 bridgehead atoms. The van der Waals surface area contributed by atoms with Gasteiger partial charge in [0.25, 0.3) is 0 Å². The first-order chi connectivity index (χ1) is 8.86. The lowest BCUT2D eigenvalue weighted by molar-refractivity contribution is 0.575. The van der Waals surface area contributed by atoms with E-state index in [-0.39, 0.29) is 0 Å². The van der Waals surface area contributed by atoms with Crippen molar-refractivity contribution in [2.45, 2.75) is 12.8 Å². The molecule has 0 saturated carbocycles. The minimum absolute atomic E-state index is 0.817. The van der Waals surface area contributed by atoms with E-state index in [0.29, 0.717) is 0 Å². The molecule has 2 nitrogen and oxygen atoms in total. The van der Waals surface area contributed by atoms with Crippen LogP contribution in [0.2, 0.25) is 0 Å². The Bertz CT molecular complexity index is 541. The van der Waals surface area contributed by atoms with Crippen molar-refractivity contribution in [2.24, 2.45) is 5.92 Å². The van der Waals surface area contributed by atoms with E-state index in [1.54, 1.807) is 0 Å². The van der Waals surface area contributed by atoms with Crippen LogP contribution in [0.3, 0.4) is 0 Å². The molecular weight excluding hydrogens is 288 g/mol. The van der Waals surface area contributed by atoms with E-state index in [1.807, 2.05) is 0 Å². The van der Waals surface area contributed by atoms with Gasteiger partial charge < -0.3 is 4.90 Å². The molecule has 0 spiro atoms. The van der Waals surface area contributed by atoms with Crippen molar-refractivity contribution in [3.63, 3.8) is 0 Å². The molecule has 3 rings (SSSR count). The van der Waals surface area contributed by atoms with E-state index >= 15 is 0 Å². The average molecular weight is 305 g/mol. The first kappa shape index (κ1) is 12.0. The van der Waals surface area contributed by atoms with E-state index in [1.165, 1.54) is 18.2 Å². The Morgan fingerprint density at radius 2 is 2.11 bits per heavy atom. The molecule has 1 aliphatic heterocycles. The highest BCUT2D eigenvalue weighted by Crippen LogP contribution is 2.26. The summed E-state index contributed by atoms with van der Waals surface area (Å²) >= 11 is 3.53. The first-order valence-electron chi connectivity index (χ1n) is 6.53. The molecule has 0 radical (unpaired) electrons. The Morgan fingerprint density at radius 1 is 1.22 bits per heavy atom. The van der Waals surface area contributed by atoms with Crippen molar-refractivity contribution in [1.29, 1.82) is 0 Å². The normalized spacial score (nSPS) is 19.6. The van der Waals surface area contributed by atoms with Crippen LogP contribution < -0.4 is 4.90 Å². The van der Waals surface area contributed by atoms with Crippen LogP contribution in [0.4, 0.5) is 5.82 Å². The van der Waals surface area contributed by atoms with E-state index in [2.05, 4.69) is 57.2 Å². The minimum Gasteiger partial charge on any atom is -0.356 e. The fourth-order valence-electron chi connectivity index (χ4n) is 2.66. The number of rotatable bonds is 3. The summed E-state index contributed by atoms with van der Waals surface area (Å²) in [5.41, 5.74) is 1.10. The van der Waals surface area contributed by atoms with Gasteiger partial charge in [0.05, 0.1) is 5.52 Å². The smallest absolute Gasteiger partial charge is 0.129 e. The topological polar surface area (TPSA) is 16.1 Å². The molecule has 1 aromatic carbocycles. The lowest BCUT2D eigenvalue weighted by Gasteiger charge is -2.17. The lowest BCUT2D eigenvalue weighted by atomic mass is 10.1. The fraction of sp³-hybridized carbons (Fsp3) is 0.400. The van der Waals surface area contributed by atoms with Gasteiger partial charge in [-0.05, 0) is 37.0 Å². The van der Waals surface area contributed by atoms with Crippen molar-refractivity contribution in [3.05, 3.63) is 36.4 Å². The summed E-state index contributed by atoms with van der Waals surface area (Å²) in [5, 5.41) is 2.33. The number of hydrogen-bond donors (Lipinski definition) is 0.